The summed E-state index contributed by atoms with van der Waals surface area (Å²) in [7, 11) is 1.59. The molecule has 0 fully saturated rings. The summed E-state index contributed by atoms with van der Waals surface area (Å²) in [5.74, 6) is 1.42. The standard InChI is InChI=1S/C28H29BrN2O6S/c1-6-35-21-15-22(36-7-2)20(29)13-18(21)14-23-26(32)31-25(17-9-11-19(34-5)12-10-17)24(27(33)37-8-3)16(4)30-28(31)38-23/h9-15,25H,6-8H2,1-5H3/b23-14-/t25-/m1/s1. The van der Waals surface area contributed by atoms with E-state index in [4.69, 9.17) is 18.9 Å². The van der Waals surface area contributed by atoms with E-state index in [1.165, 1.54) is 11.3 Å². The van der Waals surface area contributed by atoms with Gasteiger partial charge < -0.3 is 18.9 Å². The Bertz CT molecular complexity index is 1560. The third-order valence-corrected chi connectivity index (χ3v) is 7.50. The van der Waals surface area contributed by atoms with Crippen LogP contribution in [0.25, 0.3) is 6.08 Å². The van der Waals surface area contributed by atoms with Gasteiger partial charge in [0.1, 0.15) is 17.2 Å². The predicted molar refractivity (Wildman–Crippen MR) is 150 cm³/mol. The predicted octanol–water partition coefficient (Wildman–Crippen LogP) is 4.37. The van der Waals surface area contributed by atoms with Crippen LogP contribution in [0.3, 0.4) is 0 Å². The minimum atomic E-state index is -0.697. The molecule has 0 bridgehead atoms. The van der Waals surface area contributed by atoms with Gasteiger partial charge in [-0.3, -0.25) is 9.36 Å². The molecule has 2 heterocycles. The molecule has 0 spiro atoms. The second kappa shape index (κ2) is 12.0. The number of halogens is 1. The summed E-state index contributed by atoms with van der Waals surface area (Å²) in [6, 6.07) is 10.3. The lowest BCUT2D eigenvalue weighted by Crippen LogP contribution is -2.39. The van der Waals surface area contributed by atoms with Gasteiger partial charge in [0, 0.05) is 11.6 Å². The molecule has 200 valence electrons. The smallest absolute Gasteiger partial charge is 0.338 e. The van der Waals surface area contributed by atoms with E-state index in [9.17, 15) is 9.59 Å². The number of thiazole rings is 1. The number of carbonyl (C=O) groups is 1. The van der Waals surface area contributed by atoms with Crippen molar-refractivity contribution in [2.75, 3.05) is 26.9 Å². The molecule has 1 aliphatic heterocycles. The highest BCUT2D eigenvalue weighted by atomic mass is 79.9. The van der Waals surface area contributed by atoms with Gasteiger partial charge in [-0.15, -0.1) is 0 Å². The van der Waals surface area contributed by atoms with E-state index < -0.39 is 12.0 Å². The van der Waals surface area contributed by atoms with Gasteiger partial charge in [0.05, 0.1) is 53.2 Å². The maximum absolute atomic E-state index is 13.9. The Labute approximate surface area is 233 Å². The fraction of sp³-hybridized carbons (Fsp3) is 0.321. The Morgan fingerprint density at radius 2 is 1.76 bits per heavy atom. The Balaban J connectivity index is 1.93. The SMILES string of the molecule is CCOC(=O)C1=C(C)N=c2s/c(=C\c3cc(Br)c(OCC)cc3OCC)c(=O)n2[C@@H]1c1ccc(OC)cc1. The second-order valence-electron chi connectivity index (χ2n) is 8.26. The fourth-order valence-electron chi connectivity index (χ4n) is 4.24. The van der Waals surface area contributed by atoms with Crippen LogP contribution in [0.4, 0.5) is 0 Å². The van der Waals surface area contributed by atoms with Crippen molar-refractivity contribution < 1.29 is 23.7 Å². The first-order valence-corrected chi connectivity index (χ1v) is 13.9. The van der Waals surface area contributed by atoms with Crippen molar-refractivity contribution in [2.45, 2.75) is 33.7 Å². The number of esters is 1. The normalized spacial score (nSPS) is 15.1. The number of methoxy groups -OCH3 is 1. The van der Waals surface area contributed by atoms with Crippen LogP contribution in [0.5, 0.6) is 17.2 Å². The summed E-state index contributed by atoms with van der Waals surface area (Å²) in [5.41, 5.74) is 2.03. The number of aromatic nitrogens is 1. The molecule has 1 aromatic heterocycles. The number of allylic oxidation sites excluding steroid dienone is 1. The zero-order valence-electron chi connectivity index (χ0n) is 21.9. The van der Waals surface area contributed by atoms with Crippen LogP contribution in [-0.4, -0.2) is 37.5 Å². The average molecular weight is 602 g/mol. The van der Waals surface area contributed by atoms with E-state index in [1.54, 1.807) is 43.7 Å². The first-order valence-electron chi connectivity index (χ1n) is 12.3. The molecule has 10 heteroatoms. The summed E-state index contributed by atoms with van der Waals surface area (Å²) in [6.45, 7) is 8.49. The van der Waals surface area contributed by atoms with Gasteiger partial charge in [0.2, 0.25) is 0 Å². The highest BCUT2D eigenvalue weighted by Crippen LogP contribution is 2.34. The molecule has 3 aromatic rings. The van der Waals surface area contributed by atoms with Gasteiger partial charge in [0.25, 0.3) is 5.56 Å². The van der Waals surface area contributed by atoms with Crippen LogP contribution in [0.15, 0.2) is 61.9 Å². The topological polar surface area (TPSA) is 88.4 Å². The molecule has 4 rings (SSSR count). The number of benzene rings is 2. The van der Waals surface area contributed by atoms with Gasteiger partial charge >= 0.3 is 5.97 Å². The zero-order valence-corrected chi connectivity index (χ0v) is 24.3. The molecule has 1 aliphatic rings. The largest absolute Gasteiger partial charge is 0.497 e. The Morgan fingerprint density at radius 3 is 2.39 bits per heavy atom. The maximum atomic E-state index is 13.9. The third kappa shape index (κ3) is 5.42. The van der Waals surface area contributed by atoms with Crippen LogP contribution < -0.4 is 29.1 Å². The summed E-state index contributed by atoms with van der Waals surface area (Å²) >= 11 is 4.81. The first kappa shape index (κ1) is 27.7. The molecule has 0 radical (unpaired) electrons. The van der Waals surface area contributed by atoms with E-state index >= 15 is 0 Å². The second-order valence-corrected chi connectivity index (χ2v) is 10.1. The van der Waals surface area contributed by atoms with Crippen LogP contribution in [0.1, 0.15) is 44.9 Å². The summed E-state index contributed by atoms with van der Waals surface area (Å²) in [4.78, 5) is 32.1. The minimum absolute atomic E-state index is 0.211. The number of rotatable bonds is 9. The molecule has 1 atom stereocenters. The van der Waals surface area contributed by atoms with Crippen molar-refractivity contribution in [2.24, 2.45) is 4.99 Å². The quantitative estimate of drug-likeness (QED) is 0.339. The molecule has 0 unspecified atom stereocenters. The van der Waals surface area contributed by atoms with Gasteiger partial charge in [-0.1, -0.05) is 23.5 Å². The molecule has 0 aliphatic carbocycles. The molecule has 0 N–H and O–H groups in total. The molecule has 8 nitrogen and oxygen atoms in total. The third-order valence-electron chi connectivity index (χ3n) is 5.90. The molecular formula is C28H29BrN2O6S. The van der Waals surface area contributed by atoms with Gasteiger partial charge in [0.15, 0.2) is 4.80 Å². The van der Waals surface area contributed by atoms with Crippen LogP contribution in [-0.2, 0) is 9.53 Å². The highest BCUT2D eigenvalue weighted by molar-refractivity contribution is 9.10. The molecule has 38 heavy (non-hydrogen) atoms. The van der Waals surface area contributed by atoms with Gasteiger partial charge in [-0.05, 0) is 73.5 Å². The van der Waals surface area contributed by atoms with E-state index in [2.05, 4.69) is 20.9 Å². The van der Waals surface area contributed by atoms with Crippen molar-refractivity contribution in [1.82, 2.24) is 4.57 Å². The van der Waals surface area contributed by atoms with E-state index in [-0.39, 0.29) is 12.2 Å². The highest BCUT2D eigenvalue weighted by Gasteiger charge is 2.33. The van der Waals surface area contributed by atoms with E-state index in [1.807, 2.05) is 38.1 Å². The Hall–Kier alpha value is -3.37. The molecule has 0 saturated carbocycles. The monoisotopic (exact) mass is 600 g/mol. The lowest BCUT2D eigenvalue weighted by Gasteiger charge is -2.24. The molecule has 2 aromatic carbocycles. The van der Waals surface area contributed by atoms with Gasteiger partial charge in [-0.25, -0.2) is 9.79 Å². The number of nitrogens with zero attached hydrogens (tertiary/aromatic N) is 2. The lowest BCUT2D eigenvalue weighted by molar-refractivity contribution is -0.139. The van der Waals surface area contributed by atoms with Crippen molar-refractivity contribution in [1.29, 1.82) is 0 Å². The summed E-state index contributed by atoms with van der Waals surface area (Å²) in [5, 5.41) is 0. The minimum Gasteiger partial charge on any atom is -0.497 e. The van der Waals surface area contributed by atoms with E-state index in [0.717, 1.165) is 15.6 Å². The summed E-state index contributed by atoms with van der Waals surface area (Å²) < 4.78 is 25.0. The number of fused-ring (bicyclic) bond motifs is 1. The van der Waals surface area contributed by atoms with Crippen molar-refractivity contribution >= 4 is 39.3 Å². The number of hydrogen-bond donors (Lipinski definition) is 0. The lowest BCUT2D eigenvalue weighted by atomic mass is 9.96. The Morgan fingerprint density at radius 1 is 1.08 bits per heavy atom. The van der Waals surface area contributed by atoms with Crippen LogP contribution in [0, 0.1) is 0 Å². The number of ether oxygens (including phenoxy) is 4. The van der Waals surface area contributed by atoms with Crippen molar-refractivity contribution in [3.8, 4) is 17.2 Å². The zero-order chi connectivity index (χ0) is 27.4. The van der Waals surface area contributed by atoms with Crippen LogP contribution >= 0.6 is 27.3 Å². The molecule has 0 saturated heterocycles. The molecule has 0 amide bonds. The average Bonchev–Trinajstić information content (AvgIpc) is 3.20. The Kier molecular flexibility index (Phi) is 8.73. The summed E-state index contributed by atoms with van der Waals surface area (Å²) in [6.07, 6.45) is 1.78. The van der Waals surface area contributed by atoms with Crippen molar-refractivity contribution in [3.05, 3.63) is 83.0 Å². The molecular weight excluding hydrogens is 572 g/mol. The first-order chi connectivity index (χ1) is 18.3. The van der Waals surface area contributed by atoms with E-state index in [0.29, 0.717) is 51.1 Å². The van der Waals surface area contributed by atoms with Crippen LogP contribution in [0.2, 0.25) is 0 Å². The number of hydrogen-bond acceptors (Lipinski definition) is 8. The van der Waals surface area contributed by atoms with Gasteiger partial charge in [-0.2, -0.15) is 0 Å². The van der Waals surface area contributed by atoms with Crippen molar-refractivity contribution in [3.63, 3.8) is 0 Å². The number of carbonyl (C=O) groups excluding carboxylic acids is 1. The fourth-order valence-corrected chi connectivity index (χ4v) is 5.76. The maximum Gasteiger partial charge on any atom is 0.338 e.